The minimum atomic E-state index is -0.438. The lowest BCUT2D eigenvalue weighted by molar-refractivity contribution is -0.0201. The Kier molecular flexibility index (Phi) is 4.29. The summed E-state index contributed by atoms with van der Waals surface area (Å²) in [6.45, 7) is 5.20. The molecule has 18 heavy (non-hydrogen) atoms. The predicted octanol–water partition coefficient (Wildman–Crippen LogP) is 2.72. The van der Waals surface area contributed by atoms with Crippen molar-refractivity contribution in [2.45, 2.75) is 57.6 Å². The van der Waals surface area contributed by atoms with E-state index < -0.39 is 5.54 Å². The molecule has 0 bridgehead atoms. The number of hydrogen-bond acceptors (Lipinski definition) is 3. The molecular weight excluding hydrogens is 224 g/mol. The summed E-state index contributed by atoms with van der Waals surface area (Å²) in [7, 11) is 1.89. The Bertz CT molecular complexity index is 321. The van der Waals surface area contributed by atoms with Gasteiger partial charge in [0, 0.05) is 0 Å². The van der Waals surface area contributed by atoms with Crippen LogP contribution in [0, 0.1) is 29.1 Å². The third-order valence-corrected chi connectivity index (χ3v) is 5.02. The summed E-state index contributed by atoms with van der Waals surface area (Å²) in [4.78, 5) is 0. The number of rotatable bonds is 5. The lowest BCUT2D eigenvalue weighted by Crippen LogP contribution is -2.49. The van der Waals surface area contributed by atoms with E-state index in [-0.39, 0.29) is 0 Å². The first kappa shape index (κ1) is 13.8. The van der Waals surface area contributed by atoms with Gasteiger partial charge >= 0.3 is 0 Å². The summed E-state index contributed by atoms with van der Waals surface area (Å²) in [5.41, 5.74) is -0.438. The van der Waals surface area contributed by atoms with E-state index in [1.165, 1.54) is 6.42 Å². The first-order valence-electron chi connectivity index (χ1n) is 7.33. The number of likely N-dealkylation sites (N-methyl/N-ethyl adjacent to an activating group) is 1. The fourth-order valence-corrected chi connectivity index (χ4v) is 3.05. The van der Waals surface area contributed by atoms with Gasteiger partial charge in [-0.25, -0.2) is 0 Å². The van der Waals surface area contributed by atoms with E-state index in [0.717, 1.165) is 37.5 Å². The number of hydrogen-bond donors (Lipinski definition) is 1. The summed E-state index contributed by atoms with van der Waals surface area (Å²) in [5, 5.41) is 12.6. The van der Waals surface area contributed by atoms with Crippen LogP contribution in [0.4, 0.5) is 0 Å². The molecular formula is C15H26N2O. The van der Waals surface area contributed by atoms with Crippen LogP contribution in [0.15, 0.2) is 0 Å². The highest BCUT2D eigenvalue weighted by atomic mass is 16.5. The van der Waals surface area contributed by atoms with Crippen molar-refractivity contribution in [1.82, 2.24) is 5.32 Å². The average Bonchev–Trinajstić information content (AvgIpc) is 3.20. The first-order chi connectivity index (χ1) is 8.61. The van der Waals surface area contributed by atoms with Crippen LogP contribution in [0.1, 0.15) is 46.0 Å². The van der Waals surface area contributed by atoms with Crippen LogP contribution < -0.4 is 5.32 Å². The normalized spacial score (nSPS) is 35.8. The van der Waals surface area contributed by atoms with Crippen LogP contribution in [-0.4, -0.2) is 25.3 Å². The van der Waals surface area contributed by atoms with Crippen LogP contribution in [0.3, 0.4) is 0 Å². The monoisotopic (exact) mass is 250 g/mol. The van der Waals surface area contributed by atoms with Crippen molar-refractivity contribution in [1.29, 1.82) is 5.26 Å². The van der Waals surface area contributed by atoms with E-state index in [0.29, 0.717) is 18.6 Å². The summed E-state index contributed by atoms with van der Waals surface area (Å²) < 4.78 is 6.07. The van der Waals surface area contributed by atoms with Gasteiger partial charge in [0.1, 0.15) is 5.54 Å². The van der Waals surface area contributed by atoms with Gasteiger partial charge < -0.3 is 10.1 Å². The Morgan fingerprint density at radius 3 is 2.44 bits per heavy atom. The highest BCUT2D eigenvalue weighted by Crippen LogP contribution is 2.40. The summed E-state index contributed by atoms with van der Waals surface area (Å²) >= 11 is 0. The quantitative estimate of drug-likeness (QED) is 0.816. The van der Waals surface area contributed by atoms with Crippen LogP contribution in [0.25, 0.3) is 0 Å². The molecule has 3 heteroatoms. The van der Waals surface area contributed by atoms with E-state index in [1.807, 2.05) is 7.05 Å². The van der Waals surface area contributed by atoms with Gasteiger partial charge in [-0.3, -0.25) is 0 Å². The molecule has 0 amide bonds. The zero-order valence-corrected chi connectivity index (χ0v) is 11.9. The number of nitriles is 1. The molecule has 0 aliphatic heterocycles. The van der Waals surface area contributed by atoms with E-state index >= 15 is 0 Å². The molecule has 0 radical (unpaired) electrons. The predicted molar refractivity (Wildman–Crippen MR) is 72.0 cm³/mol. The fraction of sp³-hybridized carbons (Fsp3) is 0.933. The van der Waals surface area contributed by atoms with Crippen LogP contribution in [-0.2, 0) is 4.74 Å². The maximum absolute atomic E-state index is 9.42. The molecule has 3 nitrogen and oxygen atoms in total. The molecule has 102 valence electrons. The summed E-state index contributed by atoms with van der Waals surface area (Å²) in [6, 6.07) is 2.45. The molecule has 0 heterocycles. The Balaban J connectivity index is 1.85. The second-order valence-electron chi connectivity index (χ2n) is 6.31. The van der Waals surface area contributed by atoms with E-state index in [1.54, 1.807) is 0 Å². The average molecular weight is 250 g/mol. The van der Waals surface area contributed by atoms with E-state index in [4.69, 9.17) is 4.74 Å². The fourth-order valence-electron chi connectivity index (χ4n) is 3.05. The lowest BCUT2D eigenvalue weighted by Gasteiger charge is -2.34. The van der Waals surface area contributed by atoms with Crippen molar-refractivity contribution in [2.24, 2.45) is 17.8 Å². The molecule has 2 fully saturated rings. The van der Waals surface area contributed by atoms with Gasteiger partial charge in [0.2, 0.25) is 0 Å². The Morgan fingerprint density at radius 2 is 1.94 bits per heavy atom. The van der Waals surface area contributed by atoms with Crippen molar-refractivity contribution < 1.29 is 4.74 Å². The highest BCUT2D eigenvalue weighted by Gasteiger charge is 2.45. The van der Waals surface area contributed by atoms with Crippen molar-refractivity contribution in [3.63, 3.8) is 0 Å². The second-order valence-corrected chi connectivity index (χ2v) is 6.31. The summed E-state index contributed by atoms with van der Waals surface area (Å²) in [5.74, 6) is 2.06. The molecule has 0 aromatic carbocycles. The van der Waals surface area contributed by atoms with Crippen molar-refractivity contribution in [3.8, 4) is 6.07 Å². The smallest absolute Gasteiger partial charge is 0.132 e. The van der Waals surface area contributed by atoms with Gasteiger partial charge in [-0.15, -0.1) is 0 Å². The molecule has 0 aromatic heterocycles. The third kappa shape index (κ3) is 2.87. The van der Waals surface area contributed by atoms with Gasteiger partial charge in [-0.1, -0.05) is 13.8 Å². The molecule has 0 saturated heterocycles. The first-order valence-corrected chi connectivity index (χ1v) is 7.33. The minimum Gasteiger partial charge on any atom is -0.375 e. The number of ether oxygens (including phenoxy) is 1. The topological polar surface area (TPSA) is 45.0 Å². The minimum absolute atomic E-state index is 0.357. The molecule has 2 aliphatic rings. The van der Waals surface area contributed by atoms with E-state index in [2.05, 4.69) is 25.2 Å². The zero-order valence-electron chi connectivity index (χ0n) is 11.9. The number of nitrogens with zero attached hydrogens (tertiary/aromatic N) is 1. The van der Waals surface area contributed by atoms with Crippen molar-refractivity contribution in [3.05, 3.63) is 0 Å². The molecule has 0 spiro atoms. The van der Waals surface area contributed by atoms with Crippen LogP contribution in [0.5, 0.6) is 0 Å². The Morgan fingerprint density at radius 1 is 1.22 bits per heavy atom. The van der Waals surface area contributed by atoms with E-state index in [9.17, 15) is 5.26 Å². The van der Waals surface area contributed by atoms with Gasteiger partial charge in [0.25, 0.3) is 0 Å². The Labute approximate surface area is 111 Å². The van der Waals surface area contributed by atoms with Crippen molar-refractivity contribution >= 4 is 0 Å². The highest BCUT2D eigenvalue weighted by molar-refractivity contribution is 5.15. The third-order valence-electron chi connectivity index (χ3n) is 5.02. The molecule has 2 rings (SSSR count). The van der Waals surface area contributed by atoms with Gasteiger partial charge in [-0.2, -0.15) is 5.26 Å². The second kappa shape index (κ2) is 5.59. The molecule has 4 unspecified atom stereocenters. The van der Waals surface area contributed by atoms with Crippen LogP contribution in [0.2, 0.25) is 0 Å². The molecule has 4 atom stereocenters. The van der Waals surface area contributed by atoms with Crippen LogP contribution >= 0.6 is 0 Å². The number of nitrogens with one attached hydrogen (secondary N) is 1. The maximum Gasteiger partial charge on any atom is 0.132 e. The summed E-state index contributed by atoms with van der Waals surface area (Å²) in [6.07, 6.45) is 6.24. The zero-order chi connectivity index (χ0) is 13.2. The largest absolute Gasteiger partial charge is 0.375 e. The van der Waals surface area contributed by atoms with Gasteiger partial charge in [0.15, 0.2) is 0 Å². The molecule has 1 N–H and O–H groups in total. The molecule has 2 aliphatic carbocycles. The van der Waals surface area contributed by atoms with Crippen molar-refractivity contribution in [2.75, 3.05) is 13.7 Å². The standard InChI is InChI=1S/C15H26N2O/c1-11-4-7-14(8-12(11)2)18-10-15(9-16,17-3)13-5-6-13/h11-14,17H,4-8,10H2,1-3H3. The Hall–Kier alpha value is -0.590. The molecule has 2 saturated carbocycles. The lowest BCUT2D eigenvalue weighted by atomic mass is 9.80. The van der Waals surface area contributed by atoms with Gasteiger partial charge in [0.05, 0.1) is 18.8 Å². The molecule has 0 aromatic rings. The van der Waals surface area contributed by atoms with Gasteiger partial charge in [-0.05, 0) is 56.9 Å². The SMILES string of the molecule is CNC(C#N)(COC1CCC(C)C(C)C1)C1CC1. The maximum atomic E-state index is 9.42.